The fraction of sp³-hybridized carbons (Fsp3) is 0.294. The summed E-state index contributed by atoms with van der Waals surface area (Å²) in [7, 11) is 0. The van der Waals surface area contributed by atoms with Crippen LogP contribution < -0.4 is 9.64 Å². The number of benzene rings is 1. The molecule has 0 N–H and O–H groups in total. The van der Waals surface area contributed by atoms with Gasteiger partial charge in [0.05, 0.1) is 23.0 Å². The first-order chi connectivity index (χ1) is 10.8. The first kappa shape index (κ1) is 13.5. The van der Waals surface area contributed by atoms with Crippen molar-refractivity contribution >= 4 is 26.7 Å². The van der Waals surface area contributed by atoms with Gasteiger partial charge >= 0.3 is 0 Å². The molecule has 1 aliphatic rings. The van der Waals surface area contributed by atoms with E-state index in [0.29, 0.717) is 5.92 Å². The van der Waals surface area contributed by atoms with Crippen molar-refractivity contribution in [3.05, 3.63) is 48.3 Å². The van der Waals surface area contributed by atoms with E-state index in [9.17, 15) is 0 Å². The van der Waals surface area contributed by atoms with Gasteiger partial charge in [-0.1, -0.05) is 17.4 Å². The molecule has 1 aromatic carbocycles. The van der Waals surface area contributed by atoms with Gasteiger partial charge in [-0.3, -0.25) is 4.98 Å². The van der Waals surface area contributed by atoms with Crippen LogP contribution in [-0.4, -0.2) is 29.7 Å². The molecule has 0 saturated carbocycles. The third-order valence-electron chi connectivity index (χ3n) is 3.88. The molecule has 0 aliphatic carbocycles. The first-order valence-electron chi connectivity index (χ1n) is 7.43. The Bertz CT molecular complexity index is 781. The summed E-state index contributed by atoms with van der Waals surface area (Å²) in [5.41, 5.74) is 2.38. The van der Waals surface area contributed by atoms with Crippen LogP contribution in [0.4, 0.5) is 5.13 Å². The summed E-state index contributed by atoms with van der Waals surface area (Å²) in [5.74, 6) is 1.41. The van der Waals surface area contributed by atoms with Gasteiger partial charge in [0.2, 0.25) is 0 Å². The topological polar surface area (TPSA) is 38.2 Å². The molecule has 0 amide bonds. The van der Waals surface area contributed by atoms with Crippen molar-refractivity contribution in [1.29, 1.82) is 0 Å². The monoisotopic (exact) mass is 311 g/mol. The number of hydrogen-bond donors (Lipinski definition) is 0. The zero-order chi connectivity index (χ0) is 14.9. The molecule has 1 aliphatic heterocycles. The lowest BCUT2D eigenvalue weighted by atomic mass is 10.0. The van der Waals surface area contributed by atoms with Gasteiger partial charge in [0, 0.05) is 25.2 Å². The van der Waals surface area contributed by atoms with Gasteiger partial charge in [0.15, 0.2) is 5.13 Å². The molecule has 0 atom stereocenters. The fourth-order valence-electron chi connectivity index (χ4n) is 2.63. The van der Waals surface area contributed by atoms with Crippen LogP contribution in [0.25, 0.3) is 10.2 Å². The Balaban J connectivity index is 1.36. The van der Waals surface area contributed by atoms with Gasteiger partial charge < -0.3 is 9.64 Å². The third kappa shape index (κ3) is 2.64. The number of pyridine rings is 1. The van der Waals surface area contributed by atoms with Crippen molar-refractivity contribution in [3.8, 4) is 5.75 Å². The average Bonchev–Trinajstić information content (AvgIpc) is 2.89. The summed E-state index contributed by atoms with van der Waals surface area (Å²) in [4.78, 5) is 11.1. The number of rotatable bonds is 4. The number of fused-ring (bicyclic) bond motifs is 1. The van der Waals surface area contributed by atoms with Crippen LogP contribution in [0.2, 0.25) is 0 Å². The molecule has 22 heavy (non-hydrogen) atoms. The van der Waals surface area contributed by atoms with Crippen LogP contribution in [0.3, 0.4) is 0 Å². The normalized spacial score (nSPS) is 15.0. The molecule has 1 fully saturated rings. The highest BCUT2D eigenvalue weighted by Gasteiger charge is 2.29. The second-order valence-electron chi connectivity index (χ2n) is 5.74. The Hall–Kier alpha value is -2.14. The van der Waals surface area contributed by atoms with E-state index in [1.54, 1.807) is 23.7 Å². The van der Waals surface area contributed by atoms with E-state index in [1.807, 2.05) is 12.1 Å². The van der Waals surface area contributed by atoms with E-state index in [-0.39, 0.29) is 0 Å². The molecule has 0 radical (unpaired) electrons. The number of ether oxygens (including phenoxy) is 1. The molecule has 1 saturated heterocycles. The number of aryl methyl sites for hydroxylation is 1. The Morgan fingerprint density at radius 2 is 2.23 bits per heavy atom. The lowest BCUT2D eigenvalue weighted by Crippen LogP contribution is -2.49. The van der Waals surface area contributed by atoms with Gasteiger partial charge in [0.25, 0.3) is 0 Å². The smallest absolute Gasteiger partial charge is 0.186 e. The molecule has 0 bridgehead atoms. The summed E-state index contributed by atoms with van der Waals surface area (Å²) < 4.78 is 7.03. The standard InChI is InChI=1S/C17H17N3OS/c1-12-4-5-15-16(7-12)22-17(19-15)20-9-13(10-20)11-21-14-3-2-6-18-8-14/h2-8,13H,9-11H2,1H3. The summed E-state index contributed by atoms with van der Waals surface area (Å²) in [6, 6.07) is 10.3. The molecule has 4 rings (SSSR count). The first-order valence-corrected chi connectivity index (χ1v) is 8.24. The second-order valence-corrected chi connectivity index (χ2v) is 6.75. The zero-order valence-corrected chi connectivity index (χ0v) is 13.2. The van der Waals surface area contributed by atoms with E-state index >= 15 is 0 Å². The Labute approximate surface area is 133 Å². The Morgan fingerprint density at radius 3 is 3.05 bits per heavy atom. The number of anilines is 1. The lowest BCUT2D eigenvalue weighted by molar-refractivity contribution is 0.220. The predicted octanol–water partition coefficient (Wildman–Crippen LogP) is 3.51. The minimum absolute atomic E-state index is 0.564. The molecule has 2 aromatic heterocycles. The molecule has 0 unspecified atom stereocenters. The molecule has 3 heterocycles. The van der Waals surface area contributed by atoms with Crippen LogP contribution in [-0.2, 0) is 0 Å². The molecule has 3 aromatic rings. The molecule has 5 heteroatoms. The average molecular weight is 311 g/mol. The van der Waals surface area contributed by atoms with Gasteiger partial charge in [-0.2, -0.15) is 0 Å². The highest BCUT2D eigenvalue weighted by atomic mass is 32.1. The van der Waals surface area contributed by atoms with Gasteiger partial charge in [-0.25, -0.2) is 4.98 Å². The maximum atomic E-state index is 5.76. The van der Waals surface area contributed by atoms with Crippen LogP contribution in [0.1, 0.15) is 5.56 Å². The number of aromatic nitrogens is 2. The predicted molar refractivity (Wildman–Crippen MR) is 89.8 cm³/mol. The summed E-state index contributed by atoms with van der Waals surface area (Å²) in [6.45, 7) is 4.89. The molecular weight excluding hydrogens is 294 g/mol. The van der Waals surface area contributed by atoms with Crippen LogP contribution in [0.15, 0.2) is 42.7 Å². The van der Waals surface area contributed by atoms with Crippen molar-refractivity contribution in [2.24, 2.45) is 5.92 Å². The molecule has 0 spiro atoms. The highest BCUT2D eigenvalue weighted by molar-refractivity contribution is 7.22. The largest absolute Gasteiger partial charge is 0.492 e. The number of nitrogens with zero attached hydrogens (tertiary/aromatic N) is 3. The zero-order valence-electron chi connectivity index (χ0n) is 12.4. The van der Waals surface area contributed by atoms with E-state index < -0.39 is 0 Å². The summed E-state index contributed by atoms with van der Waals surface area (Å²) >= 11 is 1.78. The minimum Gasteiger partial charge on any atom is -0.492 e. The lowest BCUT2D eigenvalue weighted by Gasteiger charge is -2.38. The third-order valence-corrected chi connectivity index (χ3v) is 4.96. The quantitative estimate of drug-likeness (QED) is 0.739. The van der Waals surface area contributed by atoms with Gasteiger partial charge in [0.1, 0.15) is 5.75 Å². The summed E-state index contributed by atoms with van der Waals surface area (Å²) in [6.07, 6.45) is 3.51. The van der Waals surface area contributed by atoms with Crippen molar-refractivity contribution in [1.82, 2.24) is 9.97 Å². The van der Waals surface area contributed by atoms with Crippen LogP contribution in [0, 0.1) is 12.8 Å². The molecule has 4 nitrogen and oxygen atoms in total. The number of thiazole rings is 1. The fourth-order valence-corrected chi connectivity index (χ4v) is 3.71. The van der Waals surface area contributed by atoms with Crippen molar-refractivity contribution in [2.45, 2.75) is 6.92 Å². The summed E-state index contributed by atoms with van der Waals surface area (Å²) in [5, 5.41) is 1.12. The highest BCUT2D eigenvalue weighted by Crippen LogP contribution is 2.33. The Kier molecular flexibility index (Phi) is 3.42. The van der Waals surface area contributed by atoms with Crippen molar-refractivity contribution in [3.63, 3.8) is 0 Å². The molecular formula is C17H17N3OS. The number of hydrogen-bond acceptors (Lipinski definition) is 5. The van der Waals surface area contributed by atoms with Gasteiger partial charge in [-0.15, -0.1) is 0 Å². The maximum absolute atomic E-state index is 5.76. The van der Waals surface area contributed by atoms with Gasteiger partial charge in [-0.05, 0) is 36.8 Å². The molecule has 112 valence electrons. The van der Waals surface area contributed by atoms with E-state index in [2.05, 4.69) is 35.0 Å². The van der Waals surface area contributed by atoms with E-state index in [0.717, 1.165) is 36.1 Å². The van der Waals surface area contributed by atoms with E-state index in [4.69, 9.17) is 9.72 Å². The minimum atomic E-state index is 0.564. The van der Waals surface area contributed by atoms with Crippen molar-refractivity contribution < 1.29 is 4.74 Å². The Morgan fingerprint density at radius 1 is 1.32 bits per heavy atom. The van der Waals surface area contributed by atoms with Crippen LogP contribution >= 0.6 is 11.3 Å². The van der Waals surface area contributed by atoms with Crippen LogP contribution in [0.5, 0.6) is 5.75 Å². The SMILES string of the molecule is Cc1ccc2nc(N3CC(COc4cccnc4)C3)sc2c1. The van der Waals surface area contributed by atoms with E-state index in [1.165, 1.54) is 10.3 Å². The maximum Gasteiger partial charge on any atom is 0.186 e. The van der Waals surface area contributed by atoms with Crippen molar-refractivity contribution in [2.75, 3.05) is 24.6 Å². The second kappa shape index (κ2) is 5.57.